The second-order valence-electron chi connectivity index (χ2n) is 7.01. The van der Waals surface area contributed by atoms with Gasteiger partial charge in [0.25, 0.3) is 0 Å². The molecule has 1 aliphatic rings. The zero-order valence-electron chi connectivity index (χ0n) is 15.0. The third-order valence-corrected chi connectivity index (χ3v) is 6.05. The standard InChI is InChI=1S/C25H18ClN/c1-17-16-27-24-20-14-8-9-15-21(20)25(22(24)23(17)26,18-10-4-2-5-11-18)19-12-6-3-7-13-19/h2-16H,1H3. The fourth-order valence-electron chi connectivity index (χ4n) is 4.42. The molecule has 130 valence electrons. The van der Waals surface area contributed by atoms with E-state index >= 15 is 0 Å². The van der Waals surface area contributed by atoms with Crippen molar-refractivity contribution in [2.24, 2.45) is 0 Å². The molecular weight excluding hydrogens is 350 g/mol. The molecule has 1 heterocycles. The fraction of sp³-hybridized carbons (Fsp3) is 0.0800. The van der Waals surface area contributed by atoms with Crippen LogP contribution in [0.3, 0.4) is 0 Å². The van der Waals surface area contributed by atoms with Crippen LogP contribution >= 0.6 is 11.6 Å². The summed E-state index contributed by atoms with van der Waals surface area (Å²) in [4.78, 5) is 4.82. The van der Waals surface area contributed by atoms with Gasteiger partial charge in [-0.25, -0.2) is 0 Å². The van der Waals surface area contributed by atoms with Crippen LogP contribution in [0.15, 0.2) is 91.1 Å². The van der Waals surface area contributed by atoms with Gasteiger partial charge in [-0.2, -0.15) is 0 Å². The van der Waals surface area contributed by atoms with E-state index in [9.17, 15) is 0 Å². The Bertz CT molecular complexity index is 1090. The molecule has 1 aliphatic carbocycles. The summed E-state index contributed by atoms with van der Waals surface area (Å²) < 4.78 is 0. The van der Waals surface area contributed by atoms with Gasteiger partial charge in [0.2, 0.25) is 0 Å². The molecule has 3 aromatic carbocycles. The van der Waals surface area contributed by atoms with Gasteiger partial charge in [0.1, 0.15) is 0 Å². The molecule has 0 aliphatic heterocycles. The largest absolute Gasteiger partial charge is 0.256 e. The van der Waals surface area contributed by atoms with Crippen LogP contribution in [0.4, 0.5) is 0 Å². The van der Waals surface area contributed by atoms with Gasteiger partial charge in [0, 0.05) is 17.3 Å². The molecule has 4 aromatic rings. The molecule has 0 fully saturated rings. The van der Waals surface area contributed by atoms with Gasteiger partial charge in [0.15, 0.2) is 0 Å². The third kappa shape index (κ3) is 2.15. The van der Waals surface area contributed by atoms with E-state index in [1.54, 1.807) is 0 Å². The number of benzene rings is 3. The maximum atomic E-state index is 6.97. The molecule has 5 rings (SSSR count). The van der Waals surface area contributed by atoms with Gasteiger partial charge < -0.3 is 0 Å². The topological polar surface area (TPSA) is 12.9 Å². The van der Waals surface area contributed by atoms with Gasteiger partial charge in [-0.3, -0.25) is 4.98 Å². The van der Waals surface area contributed by atoms with E-state index in [4.69, 9.17) is 16.6 Å². The molecule has 0 amide bonds. The number of rotatable bonds is 2. The van der Waals surface area contributed by atoms with Crippen LogP contribution in [0.25, 0.3) is 11.3 Å². The Labute approximate surface area is 164 Å². The van der Waals surface area contributed by atoms with Crippen molar-refractivity contribution in [3.8, 4) is 11.3 Å². The van der Waals surface area contributed by atoms with Crippen LogP contribution in [-0.4, -0.2) is 4.98 Å². The van der Waals surface area contributed by atoms with Crippen molar-refractivity contribution in [3.05, 3.63) is 124 Å². The zero-order chi connectivity index (χ0) is 18.4. The second-order valence-corrected chi connectivity index (χ2v) is 7.38. The van der Waals surface area contributed by atoms with E-state index in [1.807, 2.05) is 13.1 Å². The lowest BCUT2D eigenvalue weighted by Gasteiger charge is -2.34. The number of halogens is 1. The number of aryl methyl sites for hydroxylation is 1. The van der Waals surface area contributed by atoms with Gasteiger partial charge in [-0.1, -0.05) is 96.5 Å². The molecule has 0 atom stereocenters. The molecule has 1 aromatic heterocycles. The smallest absolute Gasteiger partial charge is 0.0768 e. The first-order valence-corrected chi connectivity index (χ1v) is 9.49. The van der Waals surface area contributed by atoms with E-state index < -0.39 is 5.41 Å². The summed E-state index contributed by atoms with van der Waals surface area (Å²) in [6.07, 6.45) is 1.88. The highest BCUT2D eigenvalue weighted by molar-refractivity contribution is 6.33. The van der Waals surface area contributed by atoms with E-state index in [0.29, 0.717) is 0 Å². The lowest BCUT2D eigenvalue weighted by molar-refractivity contribution is 0.765. The summed E-state index contributed by atoms with van der Waals surface area (Å²) in [6, 6.07) is 29.8. The highest BCUT2D eigenvalue weighted by atomic mass is 35.5. The van der Waals surface area contributed by atoms with Crippen LogP contribution in [-0.2, 0) is 5.41 Å². The Balaban J connectivity index is 2.02. The van der Waals surface area contributed by atoms with E-state index in [2.05, 4.69) is 84.9 Å². The Morgan fingerprint density at radius 1 is 0.741 bits per heavy atom. The van der Waals surface area contributed by atoms with Crippen molar-refractivity contribution >= 4 is 11.6 Å². The maximum Gasteiger partial charge on any atom is 0.0768 e. The Morgan fingerprint density at radius 3 is 1.93 bits per heavy atom. The highest BCUT2D eigenvalue weighted by Gasteiger charge is 2.48. The molecular formula is C25H18ClN. The van der Waals surface area contributed by atoms with Gasteiger partial charge in [0.05, 0.1) is 16.1 Å². The molecule has 0 saturated heterocycles. The molecule has 0 spiro atoms. The first-order valence-electron chi connectivity index (χ1n) is 9.11. The predicted molar refractivity (Wildman–Crippen MR) is 111 cm³/mol. The van der Waals surface area contributed by atoms with Crippen LogP contribution < -0.4 is 0 Å². The predicted octanol–water partition coefficient (Wildman–Crippen LogP) is 6.41. The number of pyridine rings is 1. The van der Waals surface area contributed by atoms with Gasteiger partial charge in [-0.15, -0.1) is 0 Å². The number of fused-ring (bicyclic) bond motifs is 3. The maximum absolute atomic E-state index is 6.97. The Morgan fingerprint density at radius 2 is 1.30 bits per heavy atom. The van der Waals surface area contributed by atoms with Gasteiger partial charge in [-0.05, 0) is 29.2 Å². The fourth-order valence-corrected chi connectivity index (χ4v) is 4.70. The minimum atomic E-state index is -0.468. The monoisotopic (exact) mass is 367 g/mol. The van der Waals surface area contributed by atoms with Crippen molar-refractivity contribution < 1.29 is 0 Å². The minimum Gasteiger partial charge on any atom is -0.256 e. The van der Waals surface area contributed by atoms with Crippen LogP contribution in [0.5, 0.6) is 0 Å². The lowest BCUT2D eigenvalue weighted by Crippen LogP contribution is -2.29. The minimum absolute atomic E-state index is 0.468. The second kappa shape index (κ2) is 6.07. The Hall–Kier alpha value is -2.90. The molecule has 1 nitrogen and oxygen atoms in total. The van der Waals surface area contributed by atoms with Crippen molar-refractivity contribution in [2.75, 3.05) is 0 Å². The third-order valence-electron chi connectivity index (χ3n) is 5.56. The number of nitrogens with zero attached hydrogens (tertiary/aromatic N) is 1. The summed E-state index contributed by atoms with van der Waals surface area (Å²) in [5.41, 5.74) is 7.40. The molecule has 27 heavy (non-hydrogen) atoms. The summed E-state index contributed by atoms with van der Waals surface area (Å²) in [6.45, 7) is 2.03. The molecule has 0 saturated carbocycles. The summed E-state index contributed by atoms with van der Waals surface area (Å²) in [5.74, 6) is 0. The lowest BCUT2D eigenvalue weighted by atomic mass is 9.68. The summed E-state index contributed by atoms with van der Waals surface area (Å²) in [7, 11) is 0. The normalized spacial score (nSPS) is 13.9. The SMILES string of the molecule is Cc1cnc2c(c1Cl)C(c1ccccc1)(c1ccccc1)c1ccccc1-2. The molecule has 0 radical (unpaired) electrons. The number of hydrogen-bond donors (Lipinski definition) is 0. The summed E-state index contributed by atoms with van der Waals surface area (Å²) in [5, 5.41) is 0.795. The van der Waals surface area contributed by atoms with Crippen LogP contribution in [0.2, 0.25) is 5.02 Å². The molecule has 0 bridgehead atoms. The first-order chi connectivity index (χ1) is 13.2. The zero-order valence-corrected chi connectivity index (χ0v) is 15.7. The van der Waals surface area contributed by atoms with Crippen molar-refractivity contribution in [2.45, 2.75) is 12.3 Å². The molecule has 2 heteroatoms. The number of aromatic nitrogens is 1. The summed E-state index contributed by atoms with van der Waals surface area (Å²) >= 11 is 6.97. The highest BCUT2D eigenvalue weighted by Crippen LogP contribution is 2.57. The van der Waals surface area contributed by atoms with Crippen molar-refractivity contribution in [3.63, 3.8) is 0 Å². The van der Waals surface area contributed by atoms with E-state index in [-0.39, 0.29) is 0 Å². The number of hydrogen-bond acceptors (Lipinski definition) is 1. The first kappa shape index (κ1) is 16.3. The quantitative estimate of drug-likeness (QED) is 0.351. The van der Waals surface area contributed by atoms with E-state index in [0.717, 1.165) is 27.4 Å². The van der Waals surface area contributed by atoms with E-state index in [1.165, 1.54) is 16.7 Å². The van der Waals surface area contributed by atoms with Gasteiger partial charge >= 0.3 is 0 Å². The van der Waals surface area contributed by atoms with Crippen molar-refractivity contribution in [1.29, 1.82) is 0 Å². The average Bonchev–Trinajstić information content (AvgIpc) is 3.04. The average molecular weight is 368 g/mol. The van der Waals surface area contributed by atoms with Crippen molar-refractivity contribution in [1.82, 2.24) is 4.98 Å². The molecule has 0 N–H and O–H groups in total. The van der Waals surface area contributed by atoms with Crippen LogP contribution in [0.1, 0.15) is 27.8 Å². The molecule has 0 unspecified atom stereocenters. The Kier molecular flexibility index (Phi) is 3.66. The van der Waals surface area contributed by atoms with Crippen LogP contribution in [0, 0.1) is 6.92 Å².